The van der Waals surface area contributed by atoms with Gasteiger partial charge >= 0.3 is 0 Å². The Labute approximate surface area is 139 Å². The zero-order chi connectivity index (χ0) is 14.7. The molecule has 1 heterocycles. The lowest BCUT2D eigenvalue weighted by atomic mass is 10.0. The highest BCUT2D eigenvalue weighted by molar-refractivity contribution is 9.10. The van der Waals surface area contributed by atoms with Crippen molar-refractivity contribution in [3.05, 3.63) is 56.7 Å². The molecule has 1 aromatic carbocycles. The highest BCUT2D eigenvalue weighted by Crippen LogP contribution is 2.29. The normalized spacial score (nSPS) is 16.3. The van der Waals surface area contributed by atoms with Crippen LogP contribution in [0.1, 0.15) is 36.4 Å². The molecule has 1 atom stereocenters. The maximum Gasteiger partial charge on any atom is 0.0307 e. The van der Waals surface area contributed by atoms with Gasteiger partial charge in [0.1, 0.15) is 0 Å². The standard InChI is InChI=1S/C17H21BrN2S/c18-15-3-1-14(2-4-15)17(19)7-9-20(16-5-6-16)11-13-8-10-21-12-13/h1-4,8,10,12,16-17H,5-7,9,11,19H2. The summed E-state index contributed by atoms with van der Waals surface area (Å²) in [6, 6.07) is 11.5. The van der Waals surface area contributed by atoms with Crippen LogP contribution in [0.15, 0.2) is 45.6 Å². The lowest BCUT2D eigenvalue weighted by Crippen LogP contribution is -2.29. The van der Waals surface area contributed by atoms with E-state index >= 15 is 0 Å². The number of hydrogen-bond donors (Lipinski definition) is 1. The molecule has 0 radical (unpaired) electrons. The number of benzene rings is 1. The molecular weight excluding hydrogens is 344 g/mol. The van der Waals surface area contributed by atoms with Crippen LogP contribution in [0.5, 0.6) is 0 Å². The van der Waals surface area contributed by atoms with Crippen molar-refractivity contribution >= 4 is 27.3 Å². The molecule has 2 N–H and O–H groups in total. The Morgan fingerprint density at radius 1 is 1.24 bits per heavy atom. The first kappa shape index (κ1) is 15.2. The molecule has 1 fully saturated rings. The van der Waals surface area contributed by atoms with Crippen LogP contribution in [0.4, 0.5) is 0 Å². The molecule has 21 heavy (non-hydrogen) atoms. The molecule has 0 spiro atoms. The van der Waals surface area contributed by atoms with E-state index in [0.29, 0.717) is 0 Å². The van der Waals surface area contributed by atoms with Crippen LogP contribution in [-0.4, -0.2) is 17.5 Å². The number of rotatable bonds is 7. The van der Waals surface area contributed by atoms with Gasteiger partial charge in [-0.05, 0) is 59.3 Å². The molecule has 2 nitrogen and oxygen atoms in total. The van der Waals surface area contributed by atoms with Crippen LogP contribution in [0.2, 0.25) is 0 Å². The Balaban J connectivity index is 1.55. The topological polar surface area (TPSA) is 29.3 Å². The molecule has 0 saturated heterocycles. The third-order valence-electron chi connectivity index (χ3n) is 4.05. The fraction of sp³-hybridized carbons (Fsp3) is 0.412. The summed E-state index contributed by atoms with van der Waals surface area (Å²) in [5, 5.41) is 4.41. The van der Waals surface area contributed by atoms with Gasteiger partial charge in [-0.25, -0.2) is 0 Å². The quantitative estimate of drug-likeness (QED) is 0.779. The van der Waals surface area contributed by atoms with Crippen LogP contribution in [0, 0.1) is 0 Å². The van der Waals surface area contributed by atoms with E-state index in [1.807, 2.05) is 0 Å². The Bertz CT molecular complexity index is 549. The largest absolute Gasteiger partial charge is 0.324 e. The summed E-state index contributed by atoms with van der Waals surface area (Å²) in [6.07, 6.45) is 3.71. The second-order valence-corrected chi connectivity index (χ2v) is 7.48. The summed E-state index contributed by atoms with van der Waals surface area (Å²) in [5.74, 6) is 0. The average molecular weight is 365 g/mol. The van der Waals surface area contributed by atoms with Crippen molar-refractivity contribution in [1.82, 2.24) is 4.90 Å². The molecule has 1 aliphatic carbocycles. The molecule has 4 heteroatoms. The van der Waals surface area contributed by atoms with Gasteiger partial charge in [-0.3, -0.25) is 4.90 Å². The molecule has 3 rings (SSSR count). The van der Waals surface area contributed by atoms with Gasteiger partial charge in [0.25, 0.3) is 0 Å². The minimum atomic E-state index is 0.127. The van der Waals surface area contributed by atoms with Crippen LogP contribution >= 0.6 is 27.3 Å². The Kier molecular flexibility index (Phi) is 5.11. The van der Waals surface area contributed by atoms with E-state index in [0.717, 1.165) is 30.0 Å². The number of hydrogen-bond acceptors (Lipinski definition) is 3. The van der Waals surface area contributed by atoms with Crippen LogP contribution in [0.25, 0.3) is 0 Å². The van der Waals surface area contributed by atoms with E-state index in [4.69, 9.17) is 5.73 Å². The maximum atomic E-state index is 6.35. The van der Waals surface area contributed by atoms with Gasteiger partial charge in [0.05, 0.1) is 0 Å². The zero-order valence-corrected chi connectivity index (χ0v) is 14.4. The van der Waals surface area contributed by atoms with Crippen molar-refractivity contribution in [2.75, 3.05) is 6.54 Å². The Morgan fingerprint density at radius 2 is 2.00 bits per heavy atom. The van der Waals surface area contributed by atoms with Gasteiger partial charge in [-0.15, -0.1) is 0 Å². The highest BCUT2D eigenvalue weighted by Gasteiger charge is 2.29. The Morgan fingerprint density at radius 3 is 2.62 bits per heavy atom. The number of thiophene rings is 1. The predicted molar refractivity (Wildman–Crippen MR) is 93.4 cm³/mol. The molecule has 0 amide bonds. The molecule has 1 aliphatic rings. The van der Waals surface area contributed by atoms with Gasteiger partial charge in [-0.2, -0.15) is 11.3 Å². The van der Waals surface area contributed by atoms with Gasteiger partial charge in [0, 0.05) is 29.6 Å². The molecule has 1 unspecified atom stereocenters. The van der Waals surface area contributed by atoms with Gasteiger partial charge < -0.3 is 5.73 Å². The van der Waals surface area contributed by atoms with Crippen molar-refractivity contribution in [2.45, 2.75) is 37.9 Å². The number of nitrogens with zero attached hydrogens (tertiary/aromatic N) is 1. The molecule has 0 bridgehead atoms. The number of nitrogens with two attached hydrogens (primary N) is 1. The van der Waals surface area contributed by atoms with Crippen LogP contribution in [0.3, 0.4) is 0 Å². The SMILES string of the molecule is NC(CCN(Cc1ccsc1)C1CC1)c1ccc(Br)cc1. The minimum absolute atomic E-state index is 0.127. The lowest BCUT2D eigenvalue weighted by molar-refractivity contribution is 0.245. The van der Waals surface area contributed by atoms with Crippen molar-refractivity contribution < 1.29 is 0 Å². The number of halogens is 1. The van der Waals surface area contributed by atoms with E-state index in [-0.39, 0.29) is 6.04 Å². The first-order valence-electron chi connectivity index (χ1n) is 7.48. The molecule has 1 aromatic heterocycles. The maximum absolute atomic E-state index is 6.35. The lowest BCUT2D eigenvalue weighted by Gasteiger charge is -2.23. The minimum Gasteiger partial charge on any atom is -0.324 e. The summed E-state index contributed by atoms with van der Waals surface area (Å²) in [4.78, 5) is 2.60. The van der Waals surface area contributed by atoms with E-state index in [2.05, 4.69) is 61.9 Å². The third-order valence-corrected chi connectivity index (χ3v) is 5.32. The monoisotopic (exact) mass is 364 g/mol. The van der Waals surface area contributed by atoms with E-state index in [9.17, 15) is 0 Å². The summed E-state index contributed by atoms with van der Waals surface area (Å²) in [6.45, 7) is 2.15. The first-order chi connectivity index (χ1) is 10.2. The Hall–Kier alpha value is -0.680. The van der Waals surface area contributed by atoms with Gasteiger partial charge in [-0.1, -0.05) is 28.1 Å². The molecule has 0 aliphatic heterocycles. The average Bonchev–Trinajstić information content (AvgIpc) is 3.21. The van der Waals surface area contributed by atoms with E-state index < -0.39 is 0 Å². The first-order valence-corrected chi connectivity index (χ1v) is 9.22. The molecular formula is C17H21BrN2S. The summed E-state index contributed by atoms with van der Waals surface area (Å²) < 4.78 is 1.11. The smallest absolute Gasteiger partial charge is 0.0307 e. The van der Waals surface area contributed by atoms with E-state index in [1.165, 1.54) is 24.0 Å². The third kappa shape index (κ3) is 4.39. The summed E-state index contributed by atoms with van der Waals surface area (Å²) in [5.41, 5.74) is 9.01. The van der Waals surface area contributed by atoms with Gasteiger partial charge in [0.15, 0.2) is 0 Å². The van der Waals surface area contributed by atoms with Crippen molar-refractivity contribution in [3.8, 4) is 0 Å². The van der Waals surface area contributed by atoms with Crippen molar-refractivity contribution in [1.29, 1.82) is 0 Å². The molecule has 1 saturated carbocycles. The van der Waals surface area contributed by atoms with Crippen molar-refractivity contribution in [2.24, 2.45) is 5.73 Å². The van der Waals surface area contributed by atoms with Crippen LogP contribution in [-0.2, 0) is 6.54 Å². The fourth-order valence-electron chi connectivity index (χ4n) is 2.63. The van der Waals surface area contributed by atoms with E-state index in [1.54, 1.807) is 11.3 Å². The van der Waals surface area contributed by atoms with Crippen LogP contribution < -0.4 is 5.73 Å². The molecule has 2 aromatic rings. The summed E-state index contributed by atoms with van der Waals surface area (Å²) >= 11 is 5.25. The second kappa shape index (κ2) is 7.05. The summed E-state index contributed by atoms with van der Waals surface area (Å²) in [7, 11) is 0. The fourth-order valence-corrected chi connectivity index (χ4v) is 3.55. The molecule has 112 valence electrons. The second-order valence-electron chi connectivity index (χ2n) is 5.78. The van der Waals surface area contributed by atoms with Gasteiger partial charge in [0.2, 0.25) is 0 Å². The van der Waals surface area contributed by atoms with Crippen molar-refractivity contribution in [3.63, 3.8) is 0 Å². The zero-order valence-electron chi connectivity index (χ0n) is 12.0. The predicted octanol–water partition coefficient (Wildman–Crippen LogP) is 4.57. The highest BCUT2D eigenvalue weighted by atomic mass is 79.9.